The average molecular weight is 487 g/mol. The molecule has 0 bridgehead atoms. The van der Waals surface area contributed by atoms with Crippen molar-refractivity contribution >= 4 is 45.1 Å². The van der Waals surface area contributed by atoms with Crippen LogP contribution in [0.1, 0.15) is 40.8 Å². The highest BCUT2D eigenvalue weighted by atomic mass is 32.1. The standard InChI is InChI=1S/C23H26N4O6S/c1-4-33-23(32)17(7-10-20(28)29)26-22(31)18-8-9-19(34-18)27(3)12-14-5-6-16-15(11-14)21(30)25-13(2)24-16/h5-6,8-9,11,17H,4,7,10,12H2,1-3H3,(H,26,31)(H,28,29)(H,24,25,30)/t17-/m0/s1. The van der Waals surface area contributed by atoms with Crippen LogP contribution in [0.15, 0.2) is 35.1 Å². The van der Waals surface area contributed by atoms with Crippen molar-refractivity contribution in [3.8, 4) is 0 Å². The van der Waals surface area contributed by atoms with Crippen molar-refractivity contribution in [3.63, 3.8) is 0 Å². The Labute approximate surface area is 199 Å². The number of fused-ring (bicyclic) bond motifs is 1. The molecule has 0 aliphatic carbocycles. The molecule has 2 heterocycles. The van der Waals surface area contributed by atoms with E-state index in [4.69, 9.17) is 9.84 Å². The lowest BCUT2D eigenvalue weighted by Gasteiger charge is -2.17. The Kier molecular flexibility index (Phi) is 8.00. The van der Waals surface area contributed by atoms with Crippen molar-refractivity contribution in [1.29, 1.82) is 0 Å². The highest BCUT2D eigenvalue weighted by Gasteiger charge is 2.24. The Morgan fingerprint density at radius 1 is 1.26 bits per heavy atom. The summed E-state index contributed by atoms with van der Waals surface area (Å²) in [6, 6.07) is 7.89. The summed E-state index contributed by atoms with van der Waals surface area (Å²) in [6.45, 7) is 3.99. The normalized spacial score (nSPS) is 11.7. The fourth-order valence-electron chi connectivity index (χ4n) is 3.40. The van der Waals surface area contributed by atoms with Gasteiger partial charge in [-0.25, -0.2) is 9.78 Å². The van der Waals surface area contributed by atoms with Crippen LogP contribution in [0.2, 0.25) is 0 Å². The van der Waals surface area contributed by atoms with Crippen molar-refractivity contribution in [1.82, 2.24) is 15.3 Å². The number of thiophene rings is 1. The Bertz CT molecular complexity index is 1270. The lowest BCUT2D eigenvalue weighted by molar-refractivity contribution is -0.146. The third kappa shape index (κ3) is 6.19. The second kappa shape index (κ2) is 10.9. The van der Waals surface area contributed by atoms with Gasteiger partial charge in [-0.1, -0.05) is 6.07 Å². The van der Waals surface area contributed by atoms with Gasteiger partial charge in [0.2, 0.25) is 0 Å². The van der Waals surface area contributed by atoms with Gasteiger partial charge in [-0.2, -0.15) is 0 Å². The zero-order valence-electron chi connectivity index (χ0n) is 19.1. The van der Waals surface area contributed by atoms with Crippen LogP contribution in [0.5, 0.6) is 0 Å². The van der Waals surface area contributed by atoms with Crippen molar-refractivity contribution < 1.29 is 24.2 Å². The third-order valence-electron chi connectivity index (χ3n) is 5.02. The van der Waals surface area contributed by atoms with E-state index >= 15 is 0 Å². The lowest BCUT2D eigenvalue weighted by atomic mass is 10.1. The van der Waals surface area contributed by atoms with Crippen LogP contribution in [0, 0.1) is 6.92 Å². The minimum atomic E-state index is -1.06. The monoisotopic (exact) mass is 486 g/mol. The second-order valence-electron chi connectivity index (χ2n) is 7.71. The van der Waals surface area contributed by atoms with Crippen LogP contribution in [0.4, 0.5) is 5.00 Å². The predicted molar refractivity (Wildman–Crippen MR) is 128 cm³/mol. The molecule has 0 fully saturated rings. The quantitative estimate of drug-likeness (QED) is 0.371. The highest BCUT2D eigenvalue weighted by Crippen LogP contribution is 2.27. The van der Waals surface area contributed by atoms with E-state index in [-0.39, 0.29) is 25.0 Å². The van der Waals surface area contributed by atoms with Crippen LogP contribution < -0.4 is 15.8 Å². The summed E-state index contributed by atoms with van der Waals surface area (Å²) in [6.07, 6.45) is -0.334. The molecule has 1 aromatic carbocycles. The molecule has 11 heteroatoms. The summed E-state index contributed by atoms with van der Waals surface area (Å²) in [5.74, 6) is -1.65. The molecule has 0 saturated heterocycles. The van der Waals surface area contributed by atoms with E-state index in [0.29, 0.717) is 28.1 Å². The average Bonchev–Trinajstić information content (AvgIpc) is 3.27. The van der Waals surface area contributed by atoms with Crippen LogP contribution in [-0.2, 0) is 20.9 Å². The van der Waals surface area contributed by atoms with Gasteiger partial charge in [-0.05, 0) is 50.1 Å². The zero-order chi connectivity index (χ0) is 24.8. The molecular formula is C23H26N4O6S. The van der Waals surface area contributed by atoms with E-state index < -0.39 is 23.9 Å². The highest BCUT2D eigenvalue weighted by molar-refractivity contribution is 7.18. The van der Waals surface area contributed by atoms with E-state index in [1.165, 1.54) is 11.3 Å². The number of esters is 1. The number of nitrogens with one attached hydrogen (secondary N) is 2. The summed E-state index contributed by atoms with van der Waals surface area (Å²) in [5, 5.41) is 12.8. The van der Waals surface area contributed by atoms with Crippen molar-refractivity contribution in [2.75, 3.05) is 18.6 Å². The summed E-state index contributed by atoms with van der Waals surface area (Å²) >= 11 is 1.23. The first-order valence-corrected chi connectivity index (χ1v) is 11.5. The molecular weight excluding hydrogens is 460 g/mol. The second-order valence-corrected chi connectivity index (χ2v) is 8.77. The van der Waals surface area contributed by atoms with Crippen LogP contribution in [0.3, 0.4) is 0 Å². The van der Waals surface area contributed by atoms with E-state index in [1.807, 2.05) is 18.0 Å². The number of aromatic nitrogens is 2. The van der Waals surface area contributed by atoms with Crippen molar-refractivity contribution in [2.45, 2.75) is 39.3 Å². The third-order valence-corrected chi connectivity index (χ3v) is 6.22. The molecule has 3 rings (SSSR count). The molecule has 10 nitrogen and oxygen atoms in total. The first-order chi connectivity index (χ1) is 16.2. The Hall–Kier alpha value is -3.73. The summed E-state index contributed by atoms with van der Waals surface area (Å²) in [5.41, 5.74) is 1.34. The van der Waals surface area contributed by atoms with Gasteiger partial charge in [-0.15, -0.1) is 11.3 Å². The van der Waals surface area contributed by atoms with E-state index in [0.717, 1.165) is 10.6 Å². The molecule has 0 saturated carbocycles. The Balaban J connectivity index is 1.70. The maximum absolute atomic E-state index is 12.7. The van der Waals surface area contributed by atoms with Crippen LogP contribution in [-0.4, -0.2) is 52.6 Å². The van der Waals surface area contributed by atoms with Gasteiger partial charge in [0.05, 0.1) is 27.4 Å². The zero-order valence-corrected chi connectivity index (χ0v) is 19.9. The predicted octanol–water partition coefficient (Wildman–Crippen LogP) is 2.46. The first-order valence-electron chi connectivity index (χ1n) is 10.7. The van der Waals surface area contributed by atoms with E-state index in [9.17, 15) is 19.2 Å². The SMILES string of the molecule is CCOC(=O)[C@H](CCC(=O)O)NC(=O)c1ccc(N(C)Cc2ccc3nc(C)[nH]c(=O)c3c2)s1. The van der Waals surface area contributed by atoms with Gasteiger partial charge < -0.3 is 25.0 Å². The largest absolute Gasteiger partial charge is 0.481 e. The van der Waals surface area contributed by atoms with Gasteiger partial charge in [-0.3, -0.25) is 14.4 Å². The molecule has 2 aromatic heterocycles. The number of carboxylic acids is 1. The molecule has 180 valence electrons. The molecule has 3 aromatic rings. The first kappa shape index (κ1) is 24.9. The van der Waals surface area contributed by atoms with Crippen molar-refractivity contribution in [2.24, 2.45) is 0 Å². The summed E-state index contributed by atoms with van der Waals surface area (Å²) < 4.78 is 4.95. The molecule has 0 aliphatic heterocycles. The molecule has 1 atom stereocenters. The number of ether oxygens (including phenoxy) is 1. The number of nitrogens with zero attached hydrogens (tertiary/aromatic N) is 2. The summed E-state index contributed by atoms with van der Waals surface area (Å²) in [7, 11) is 1.86. The number of aryl methyl sites for hydroxylation is 1. The van der Waals surface area contributed by atoms with E-state index in [2.05, 4.69) is 15.3 Å². The minimum Gasteiger partial charge on any atom is -0.481 e. The number of aromatic amines is 1. The molecule has 34 heavy (non-hydrogen) atoms. The van der Waals surface area contributed by atoms with Crippen LogP contribution in [0.25, 0.3) is 10.9 Å². The molecule has 1 amide bonds. The molecule has 0 unspecified atom stereocenters. The van der Waals surface area contributed by atoms with Crippen molar-refractivity contribution in [3.05, 3.63) is 57.0 Å². The smallest absolute Gasteiger partial charge is 0.328 e. The molecule has 3 N–H and O–H groups in total. The number of carbonyl (C=O) groups is 3. The Morgan fingerprint density at radius 3 is 2.74 bits per heavy atom. The number of carbonyl (C=O) groups excluding carboxylic acids is 2. The number of benzene rings is 1. The molecule has 0 aliphatic rings. The number of H-pyrrole nitrogens is 1. The number of anilines is 1. The maximum atomic E-state index is 12.7. The van der Waals surface area contributed by atoms with Gasteiger partial charge in [0.1, 0.15) is 11.9 Å². The van der Waals surface area contributed by atoms with Gasteiger partial charge in [0, 0.05) is 20.0 Å². The number of hydrogen-bond donors (Lipinski definition) is 3. The fraction of sp³-hybridized carbons (Fsp3) is 0.348. The molecule has 0 spiro atoms. The number of hydrogen-bond acceptors (Lipinski definition) is 8. The maximum Gasteiger partial charge on any atom is 0.328 e. The summed E-state index contributed by atoms with van der Waals surface area (Å²) in [4.78, 5) is 57.3. The Morgan fingerprint density at radius 2 is 2.03 bits per heavy atom. The number of aliphatic carboxylic acids is 1. The molecule has 0 radical (unpaired) electrons. The fourth-order valence-corrected chi connectivity index (χ4v) is 4.27. The topological polar surface area (TPSA) is 142 Å². The number of carboxylic acid groups (broad SMARTS) is 1. The van der Waals surface area contributed by atoms with Gasteiger partial charge in [0.25, 0.3) is 11.5 Å². The lowest BCUT2D eigenvalue weighted by Crippen LogP contribution is -2.42. The van der Waals surface area contributed by atoms with Gasteiger partial charge in [0.15, 0.2) is 0 Å². The van der Waals surface area contributed by atoms with E-state index in [1.54, 1.807) is 38.1 Å². The number of rotatable bonds is 10. The van der Waals surface area contributed by atoms with Crippen LogP contribution >= 0.6 is 11.3 Å². The minimum absolute atomic E-state index is 0.0620. The van der Waals surface area contributed by atoms with Gasteiger partial charge >= 0.3 is 11.9 Å². The number of amides is 1.